The van der Waals surface area contributed by atoms with Crippen molar-refractivity contribution in [2.45, 2.75) is 18.9 Å². The highest BCUT2D eigenvalue weighted by Gasteiger charge is 2.34. The van der Waals surface area contributed by atoms with Crippen LogP contribution in [0.2, 0.25) is 5.02 Å². The fourth-order valence-electron chi connectivity index (χ4n) is 2.04. The molecule has 0 spiro atoms. The molecule has 1 aromatic rings. The van der Waals surface area contributed by atoms with Crippen LogP contribution in [0.3, 0.4) is 0 Å². The fraction of sp³-hybridized carbons (Fsp3) is 0.333. The van der Waals surface area contributed by atoms with Crippen molar-refractivity contribution in [1.29, 1.82) is 0 Å². The third-order valence-corrected chi connectivity index (χ3v) is 3.78. The number of benzene rings is 1. The maximum Gasteiger partial charge on any atom is 0.326 e. The van der Waals surface area contributed by atoms with E-state index in [2.05, 4.69) is 21.2 Å². The van der Waals surface area contributed by atoms with Crippen LogP contribution in [0.25, 0.3) is 0 Å². The van der Waals surface area contributed by atoms with Crippen molar-refractivity contribution >= 4 is 45.2 Å². The highest BCUT2D eigenvalue weighted by molar-refractivity contribution is 9.10. The number of carbonyl (C=O) groups is 2. The van der Waals surface area contributed by atoms with Crippen LogP contribution in [-0.4, -0.2) is 34.6 Å². The molecule has 2 rings (SSSR count). The van der Waals surface area contributed by atoms with Crippen molar-refractivity contribution in [1.82, 2.24) is 4.90 Å². The van der Waals surface area contributed by atoms with Gasteiger partial charge in [0.15, 0.2) is 0 Å². The summed E-state index contributed by atoms with van der Waals surface area (Å²) in [6, 6.07) is 3.88. The van der Waals surface area contributed by atoms with Gasteiger partial charge < -0.3 is 15.3 Å². The molecule has 1 saturated heterocycles. The van der Waals surface area contributed by atoms with Crippen molar-refractivity contribution in [3.8, 4) is 0 Å². The Labute approximate surface area is 123 Å². The first-order chi connectivity index (χ1) is 8.99. The molecule has 0 unspecified atom stereocenters. The number of carbonyl (C=O) groups excluding carboxylic acids is 1. The average Bonchev–Trinajstić information content (AvgIpc) is 2.82. The van der Waals surface area contributed by atoms with Gasteiger partial charge in [0.1, 0.15) is 6.04 Å². The lowest BCUT2D eigenvalue weighted by atomic mass is 10.2. The molecule has 1 aliphatic heterocycles. The van der Waals surface area contributed by atoms with Crippen molar-refractivity contribution in [2.24, 2.45) is 0 Å². The molecule has 102 valence electrons. The van der Waals surface area contributed by atoms with Gasteiger partial charge in [-0.3, -0.25) is 0 Å². The normalized spacial score (nSPS) is 18.4. The first-order valence-corrected chi connectivity index (χ1v) is 6.91. The Morgan fingerprint density at radius 3 is 2.84 bits per heavy atom. The number of amides is 2. The van der Waals surface area contributed by atoms with Gasteiger partial charge in [-0.2, -0.15) is 0 Å². The van der Waals surface area contributed by atoms with Crippen molar-refractivity contribution < 1.29 is 14.7 Å². The van der Waals surface area contributed by atoms with E-state index < -0.39 is 18.0 Å². The number of hydrogen-bond acceptors (Lipinski definition) is 2. The number of hydrogen-bond donors (Lipinski definition) is 2. The number of halogens is 2. The molecule has 1 heterocycles. The van der Waals surface area contributed by atoms with Gasteiger partial charge in [-0.25, -0.2) is 9.59 Å². The molecular formula is C12H12BrClN2O3. The predicted molar refractivity (Wildman–Crippen MR) is 75.5 cm³/mol. The SMILES string of the molecule is O=C(O)[C@@H]1CCCN1C(=O)Nc1ccc(Br)cc1Cl. The number of anilines is 1. The molecule has 5 nitrogen and oxygen atoms in total. The molecule has 0 aromatic heterocycles. The number of carboxylic acids is 1. The Morgan fingerprint density at radius 1 is 1.47 bits per heavy atom. The van der Waals surface area contributed by atoms with E-state index in [0.29, 0.717) is 30.1 Å². The van der Waals surface area contributed by atoms with Crippen LogP contribution in [0.15, 0.2) is 22.7 Å². The second kappa shape index (κ2) is 5.79. The molecule has 0 bridgehead atoms. The van der Waals surface area contributed by atoms with Gasteiger partial charge in [0.25, 0.3) is 0 Å². The molecule has 0 saturated carbocycles. The summed E-state index contributed by atoms with van der Waals surface area (Å²) in [5.74, 6) is -0.977. The third kappa shape index (κ3) is 3.19. The molecular weight excluding hydrogens is 336 g/mol. The lowest BCUT2D eigenvalue weighted by Gasteiger charge is -2.22. The minimum Gasteiger partial charge on any atom is -0.480 e. The minimum absolute atomic E-state index is 0.397. The van der Waals surface area contributed by atoms with E-state index in [1.165, 1.54) is 4.90 Å². The molecule has 0 radical (unpaired) electrons. The number of aliphatic carboxylic acids is 1. The summed E-state index contributed by atoms with van der Waals surface area (Å²) in [4.78, 5) is 24.4. The Hall–Kier alpha value is -1.27. The van der Waals surface area contributed by atoms with E-state index in [4.69, 9.17) is 16.7 Å². The summed E-state index contributed by atoms with van der Waals surface area (Å²) in [5.41, 5.74) is 0.464. The van der Waals surface area contributed by atoms with Crippen LogP contribution in [0.4, 0.5) is 10.5 Å². The van der Waals surface area contributed by atoms with Crippen LogP contribution in [0, 0.1) is 0 Å². The Kier molecular flexibility index (Phi) is 4.31. The van der Waals surface area contributed by atoms with Crippen LogP contribution < -0.4 is 5.32 Å². The summed E-state index contributed by atoms with van der Waals surface area (Å²) in [6.45, 7) is 0.441. The van der Waals surface area contributed by atoms with E-state index in [1.54, 1.807) is 18.2 Å². The monoisotopic (exact) mass is 346 g/mol. The standard InChI is InChI=1S/C12H12BrClN2O3/c13-7-3-4-9(8(14)6-7)15-12(19)16-5-1-2-10(16)11(17)18/h3-4,6,10H,1-2,5H2,(H,15,19)(H,17,18)/t10-/m0/s1. The second-order valence-electron chi connectivity index (χ2n) is 4.24. The first kappa shape index (κ1) is 14.1. The van der Waals surface area contributed by atoms with E-state index in [9.17, 15) is 9.59 Å². The topological polar surface area (TPSA) is 69.6 Å². The summed E-state index contributed by atoms with van der Waals surface area (Å²) in [5, 5.41) is 12.1. The van der Waals surface area contributed by atoms with Gasteiger partial charge >= 0.3 is 12.0 Å². The van der Waals surface area contributed by atoms with E-state index >= 15 is 0 Å². The number of likely N-dealkylation sites (tertiary alicyclic amines) is 1. The van der Waals surface area contributed by atoms with Gasteiger partial charge in [-0.15, -0.1) is 0 Å². The van der Waals surface area contributed by atoms with Gasteiger partial charge in [-0.05, 0) is 31.0 Å². The molecule has 1 aromatic carbocycles. The Balaban J connectivity index is 2.10. The molecule has 0 aliphatic carbocycles. The maximum atomic E-state index is 12.0. The average molecular weight is 348 g/mol. The zero-order chi connectivity index (χ0) is 14.0. The van der Waals surface area contributed by atoms with Crippen LogP contribution in [0.1, 0.15) is 12.8 Å². The minimum atomic E-state index is -0.977. The summed E-state index contributed by atoms with van der Waals surface area (Å²) >= 11 is 9.27. The molecule has 1 aliphatic rings. The Morgan fingerprint density at radius 2 is 2.21 bits per heavy atom. The predicted octanol–water partition coefficient (Wildman–Crippen LogP) is 3.18. The van der Waals surface area contributed by atoms with E-state index in [-0.39, 0.29) is 0 Å². The lowest BCUT2D eigenvalue weighted by Crippen LogP contribution is -2.42. The van der Waals surface area contributed by atoms with Crippen LogP contribution >= 0.6 is 27.5 Å². The van der Waals surface area contributed by atoms with Gasteiger partial charge in [-0.1, -0.05) is 27.5 Å². The van der Waals surface area contributed by atoms with Crippen LogP contribution in [0.5, 0.6) is 0 Å². The smallest absolute Gasteiger partial charge is 0.326 e. The lowest BCUT2D eigenvalue weighted by molar-refractivity contribution is -0.141. The fourth-order valence-corrected chi connectivity index (χ4v) is 2.77. The molecule has 1 fully saturated rings. The zero-order valence-corrected chi connectivity index (χ0v) is 12.2. The summed E-state index contributed by atoms with van der Waals surface area (Å²) in [6.07, 6.45) is 1.18. The van der Waals surface area contributed by atoms with Crippen molar-refractivity contribution in [3.63, 3.8) is 0 Å². The number of urea groups is 1. The second-order valence-corrected chi connectivity index (χ2v) is 5.57. The summed E-state index contributed by atoms with van der Waals surface area (Å²) in [7, 11) is 0. The number of rotatable bonds is 2. The van der Waals surface area contributed by atoms with Crippen LogP contribution in [-0.2, 0) is 4.79 Å². The van der Waals surface area contributed by atoms with Gasteiger partial charge in [0.2, 0.25) is 0 Å². The first-order valence-electron chi connectivity index (χ1n) is 5.74. The zero-order valence-electron chi connectivity index (χ0n) is 9.90. The maximum absolute atomic E-state index is 12.0. The molecule has 2 amide bonds. The largest absolute Gasteiger partial charge is 0.480 e. The van der Waals surface area contributed by atoms with E-state index in [0.717, 1.165) is 4.47 Å². The third-order valence-electron chi connectivity index (χ3n) is 2.97. The number of carboxylic acid groups (broad SMARTS) is 1. The molecule has 19 heavy (non-hydrogen) atoms. The Bertz CT molecular complexity index is 524. The van der Waals surface area contributed by atoms with Crippen molar-refractivity contribution in [2.75, 3.05) is 11.9 Å². The van der Waals surface area contributed by atoms with Gasteiger partial charge in [0, 0.05) is 11.0 Å². The highest BCUT2D eigenvalue weighted by Crippen LogP contribution is 2.27. The number of nitrogens with zero attached hydrogens (tertiary/aromatic N) is 1. The van der Waals surface area contributed by atoms with Gasteiger partial charge in [0.05, 0.1) is 10.7 Å². The molecule has 2 N–H and O–H groups in total. The number of nitrogens with one attached hydrogen (secondary N) is 1. The summed E-state index contributed by atoms with van der Waals surface area (Å²) < 4.78 is 0.806. The highest BCUT2D eigenvalue weighted by atomic mass is 79.9. The van der Waals surface area contributed by atoms with E-state index in [1.807, 2.05) is 0 Å². The quantitative estimate of drug-likeness (QED) is 0.863. The molecule has 7 heteroatoms. The van der Waals surface area contributed by atoms with Crippen molar-refractivity contribution in [3.05, 3.63) is 27.7 Å². The molecule has 1 atom stereocenters.